The van der Waals surface area contributed by atoms with Crippen LogP contribution in [0.3, 0.4) is 0 Å². The minimum absolute atomic E-state index is 0.0806. The Morgan fingerprint density at radius 3 is 2.73 bits per heavy atom. The summed E-state index contributed by atoms with van der Waals surface area (Å²) in [6.45, 7) is 0.186. The highest BCUT2D eigenvalue weighted by Gasteiger charge is 2.39. The fraction of sp³-hybridized carbons (Fsp3) is 0.348. The first-order valence-electron chi connectivity index (χ1n) is 10.6. The summed E-state index contributed by atoms with van der Waals surface area (Å²) in [5.41, 5.74) is 1.20. The second-order valence-corrected chi connectivity index (χ2v) is 8.44. The third-order valence-corrected chi connectivity index (χ3v) is 6.12. The molecule has 3 atom stereocenters. The van der Waals surface area contributed by atoms with E-state index in [0.29, 0.717) is 40.6 Å². The molecule has 0 aromatic heterocycles. The number of benzene rings is 2. The second-order valence-electron chi connectivity index (χ2n) is 8.04. The fourth-order valence-electron chi connectivity index (χ4n) is 4.15. The number of anilines is 2. The molecule has 0 spiro atoms. The highest BCUT2D eigenvalue weighted by atomic mass is 35.5. The van der Waals surface area contributed by atoms with Crippen molar-refractivity contribution in [3.8, 4) is 5.75 Å². The molecular weight excluding hydrogens is 450 g/mol. The Hall–Kier alpha value is -3.30. The molecule has 0 unspecified atom stereocenters. The van der Waals surface area contributed by atoms with Crippen LogP contribution < -0.4 is 15.4 Å². The van der Waals surface area contributed by atoms with Gasteiger partial charge in [-0.2, -0.15) is 0 Å². The summed E-state index contributed by atoms with van der Waals surface area (Å²) in [5.74, 6) is -0.819. The van der Waals surface area contributed by atoms with Crippen LogP contribution in [0.15, 0.2) is 42.5 Å². The van der Waals surface area contributed by atoms with Gasteiger partial charge in [-0.15, -0.1) is 0 Å². The number of likely N-dealkylation sites (N-methyl/N-ethyl adjacent to an activating group) is 1. The number of hydrogen-bond acceptors (Lipinski definition) is 5. The lowest BCUT2D eigenvalue weighted by atomic mass is 9.94. The highest BCUT2D eigenvalue weighted by molar-refractivity contribution is 6.33. The van der Waals surface area contributed by atoms with E-state index in [9.17, 15) is 14.4 Å². The molecular formula is C23H24ClN3O6. The first-order chi connectivity index (χ1) is 15.8. The fourth-order valence-corrected chi connectivity index (χ4v) is 4.33. The van der Waals surface area contributed by atoms with E-state index in [-0.39, 0.29) is 25.0 Å². The number of fused-ring (bicyclic) bond motifs is 2. The summed E-state index contributed by atoms with van der Waals surface area (Å²) in [6.07, 6.45) is 0.244. The number of carbonyl (C=O) groups excluding carboxylic acids is 2. The molecule has 0 aliphatic carbocycles. The number of carbonyl (C=O) groups is 3. The molecule has 4 rings (SSSR count). The van der Waals surface area contributed by atoms with Gasteiger partial charge >= 0.3 is 12.0 Å². The van der Waals surface area contributed by atoms with E-state index >= 15 is 0 Å². The van der Waals surface area contributed by atoms with Crippen LogP contribution in [-0.4, -0.2) is 59.8 Å². The van der Waals surface area contributed by atoms with E-state index in [1.165, 1.54) is 0 Å². The lowest BCUT2D eigenvalue weighted by Gasteiger charge is -2.42. The number of halogens is 1. The van der Waals surface area contributed by atoms with Crippen LogP contribution in [0.4, 0.5) is 16.2 Å². The van der Waals surface area contributed by atoms with Crippen molar-refractivity contribution in [2.24, 2.45) is 0 Å². The number of nitrogens with zero attached hydrogens (tertiary/aromatic N) is 1. The molecule has 9 nitrogen and oxygen atoms in total. The Morgan fingerprint density at radius 1 is 1.18 bits per heavy atom. The lowest BCUT2D eigenvalue weighted by molar-refractivity contribution is -0.148. The smallest absolute Gasteiger partial charge is 0.323 e. The van der Waals surface area contributed by atoms with Crippen LogP contribution in [0, 0.1) is 0 Å². The zero-order chi connectivity index (χ0) is 23.5. The van der Waals surface area contributed by atoms with E-state index in [1.807, 2.05) is 0 Å². The summed E-state index contributed by atoms with van der Waals surface area (Å²) < 4.78 is 11.8. The minimum Gasteiger partial charge on any atom is -0.490 e. The zero-order valence-electron chi connectivity index (χ0n) is 17.9. The number of para-hydroxylation sites is 1. The van der Waals surface area contributed by atoms with Crippen molar-refractivity contribution in [1.82, 2.24) is 4.90 Å². The van der Waals surface area contributed by atoms with Crippen molar-refractivity contribution in [2.75, 3.05) is 24.3 Å². The van der Waals surface area contributed by atoms with Gasteiger partial charge in [-0.25, -0.2) is 4.79 Å². The summed E-state index contributed by atoms with van der Waals surface area (Å²) in [4.78, 5) is 38.3. The van der Waals surface area contributed by atoms with E-state index in [4.69, 9.17) is 26.2 Å². The molecule has 10 heteroatoms. The van der Waals surface area contributed by atoms with Crippen LogP contribution >= 0.6 is 11.6 Å². The summed E-state index contributed by atoms with van der Waals surface area (Å²) >= 11 is 6.08. The number of urea groups is 1. The number of carboxylic acid groups (broad SMARTS) is 1. The van der Waals surface area contributed by atoms with Crippen LogP contribution in [0.1, 0.15) is 29.6 Å². The van der Waals surface area contributed by atoms with Crippen molar-refractivity contribution in [3.05, 3.63) is 53.1 Å². The number of nitrogens with one attached hydrogen (secondary N) is 2. The average Bonchev–Trinajstić information content (AvgIpc) is 2.78. The van der Waals surface area contributed by atoms with E-state index in [2.05, 4.69) is 10.6 Å². The monoisotopic (exact) mass is 473 g/mol. The molecule has 2 aromatic rings. The van der Waals surface area contributed by atoms with Crippen LogP contribution in [0.25, 0.3) is 0 Å². The van der Waals surface area contributed by atoms with Crippen molar-refractivity contribution >= 4 is 40.9 Å². The van der Waals surface area contributed by atoms with Gasteiger partial charge in [0.1, 0.15) is 18.5 Å². The molecule has 0 bridgehead atoms. The molecule has 2 aromatic carbocycles. The Morgan fingerprint density at radius 2 is 1.97 bits per heavy atom. The van der Waals surface area contributed by atoms with Gasteiger partial charge in [0.25, 0.3) is 5.91 Å². The standard InChI is InChI=1S/C23H24ClN3O6/c1-27-18-8-7-14(11-21(28)29)33-20(18)12-32-19-9-6-13(10-15(19)22(27)30)25-23(31)26-17-5-3-2-4-16(17)24/h2-6,9-10,14,18,20H,7-8,11-12H2,1H3,(H,28,29)(H2,25,26,31)/t14-,18-,20+/m1/s1. The van der Waals surface area contributed by atoms with Crippen LogP contribution in [-0.2, 0) is 9.53 Å². The molecule has 33 heavy (non-hydrogen) atoms. The first-order valence-corrected chi connectivity index (χ1v) is 10.9. The van der Waals surface area contributed by atoms with Gasteiger partial charge in [-0.3, -0.25) is 9.59 Å². The van der Waals surface area contributed by atoms with E-state index in [0.717, 1.165) is 0 Å². The average molecular weight is 474 g/mol. The predicted octanol–water partition coefficient (Wildman–Crippen LogP) is 3.84. The normalized spacial score (nSPS) is 22.2. The van der Waals surface area contributed by atoms with E-state index < -0.39 is 24.2 Å². The molecule has 1 saturated heterocycles. The largest absolute Gasteiger partial charge is 0.490 e. The number of aliphatic carboxylic acids is 1. The van der Waals surface area contributed by atoms with Crippen LogP contribution in [0.2, 0.25) is 5.02 Å². The number of ether oxygens (including phenoxy) is 2. The van der Waals surface area contributed by atoms with Gasteiger partial charge in [0.2, 0.25) is 0 Å². The molecule has 2 aliphatic rings. The van der Waals surface area contributed by atoms with Gasteiger partial charge in [0.15, 0.2) is 0 Å². The Balaban J connectivity index is 1.49. The molecule has 2 aliphatic heterocycles. The molecule has 0 radical (unpaired) electrons. The molecule has 3 amide bonds. The lowest BCUT2D eigenvalue weighted by Crippen LogP contribution is -2.53. The summed E-state index contributed by atoms with van der Waals surface area (Å²) in [6, 6.07) is 10.9. The predicted molar refractivity (Wildman–Crippen MR) is 122 cm³/mol. The van der Waals surface area contributed by atoms with Crippen molar-refractivity contribution in [2.45, 2.75) is 37.5 Å². The maximum absolute atomic E-state index is 13.2. The molecule has 2 heterocycles. The van der Waals surface area contributed by atoms with Crippen molar-refractivity contribution in [3.63, 3.8) is 0 Å². The maximum Gasteiger partial charge on any atom is 0.323 e. The van der Waals surface area contributed by atoms with Crippen molar-refractivity contribution < 1.29 is 29.0 Å². The second kappa shape index (κ2) is 9.68. The van der Waals surface area contributed by atoms with Gasteiger partial charge in [-0.1, -0.05) is 23.7 Å². The highest BCUT2D eigenvalue weighted by Crippen LogP contribution is 2.32. The maximum atomic E-state index is 13.2. The van der Waals surface area contributed by atoms with Crippen LogP contribution in [0.5, 0.6) is 5.75 Å². The van der Waals surface area contributed by atoms with Gasteiger partial charge < -0.3 is 30.1 Å². The topological polar surface area (TPSA) is 117 Å². The van der Waals surface area contributed by atoms with Crippen molar-refractivity contribution in [1.29, 1.82) is 0 Å². The minimum atomic E-state index is -0.918. The quantitative estimate of drug-likeness (QED) is 0.621. The third kappa shape index (κ3) is 5.20. The summed E-state index contributed by atoms with van der Waals surface area (Å²) in [5, 5.41) is 14.8. The molecule has 3 N–H and O–H groups in total. The zero-order valence-corrected chi connectivity index (χ0v) is 18.7. The molecule has 0 saturated carbocycles. The first kappa shape index (κ1) is 22.9. The van der Waals surface area contributed by atoms with Gasteiger partial charge in [0, 0.05) is 12.7 Å². The van der Waals surface area contributed by atoms with Gasteiger partial charge in [-0.05, 0) is 43.2 Å². The van der Waals surface area contributed by atoms with Gasteiger partial charge in [0.05, 0.1) is 34.8 Å². The molecule has 174 valence electrons. The van der Waals surface area contributed by atoms with E-state index in [1.54, 1.807) is 54.4 Å². The number of carboxylic acids is 1. The Kier molecular flexibility index (Phi) is 6.71. The SMILES string of the molecule is CN1C(=O)c2cc(NC(=O)Nc3ccccc3Cl)ccc2OC[C@@H]2O[C@@H](CC(=O)O)CC[C@H]21. The Labute approximate surface area is 195 Å². The number of rotatable bonds is 4. The Bertz CT molecular complexity index is 1080. The number of amides is 3. The third-order valence-electron chi connectivity index (χ3n) is 5.79. The number of hydrogen-bond donors (Lipinski definition) is 3. The summed E-state index contributed by atoms with van der Waals surface area (Å²) in [7, 11) is 1.69. The molecule has 1 fully saturated rings.